The van der Waals surface area contributed by atoms with Gasteiger partial charge < -0.3 is 10.2 Å². The van der Waals surface area contributed by atoms with Gasteiger partial charge in [-0.1, -0.05) is 5.57 Å². The summed E-state index contributed by atoms with van der Waals surface area (Å²) in [6.45, 7) is 5.32. The molecule has 1 saturated heterocycles. The Balaban J connectivity index is 1.59. The van der Waals surface area contributed by atoms with Gasteiger partial charge in [0, 0.05) is 31.1 Å². The minimum absolute atomic E-state index is 0.0891. The van der Waals surface area contributed by atoms with Gasteiger partial charge in [-0.3, -0.25) is 9.59 Å². The second-order valence-corrected chi connectivity index (χ2v) is 6.70. The molecule has 0 spiro atoms. The maximum absolute atomic E-state index is 12.1. The first-order chi connectivity index (χ1) is 11.0. The van der Waals surface area contributed by atoms with Crippen LogP contribution in [0.25, 0.3) is 0 Å². The third-order valence-corrected chi connectivity index (χ3v) is 4.40. The van der Waals surface area contributed by atoms with E-state index in [1.807, 2.05) is 29.5 Å². The average molecular weight is 316 g/mol. The molecular formula is C17H24N4O2. The summed E-state index contributed by atoms with van der Waals surface area (Å²) in [5, 5.41) is 7.36. The molecule has 3 rings (SSSR count). The van der Waals surface area contributed by atoms with Crippen LogP contribution in [0.1, 0.15) is 45.6 Å². The Labute approximate surface area is 136 Å². The number of aromatic nitrogens is 2. The van der Waals surface area contributed by atoms with E-state index in [2.05, 4.69) is 10.4 Å². The smallest absolute Gasteiger partial charge is 0.246 e. The summed E-state index contributed by atoms with van der Waals surface area (Å²) in [6, 6.07) is 2.08. The number of hydrogen-bond donors (Lipinski definition) is 1. The normalized spacial score (nSPS) is 18.6. The van der Waals surface area contributed by atoms with Crippen molar-refractivity contribution in [3.05, 3.63) is 23.9 Å². The minimum atomic E-state index is 0.0891. The standard InChI is InChI=1S/C17H24N4O2/c1-12(2)11-16(22)20-9-6-14(7-10-20)21-15(5-8-18-21)19-17(23)13-3-4-13/h5,8,11,13-14H,3-4,6-7,9-10H2,1-2H3,(H,19,23). The van der Waals surface area contributed by atoms with Crippen LogP contribution in [-0.2, 0) is 9.59 Å². The molecule has 2 fully saturated rings. The fraction of sp³-hybridized carbons (Fsp3) is 0.588. The quantitative estimate of drug-likeness (QED) is 0.867. The molecule has 1 N–H and O–H groups in total. The first-order valence-electron chi connectivity index (χ1n) is 8.33. The number of piperidine rings is 1. The Bertz CT molecular complexity index is 618. The molecule has 2 aliphatic rings. The summed E-state index contributed by atoms with van der Waals surface area (Å²) in [4.78, 5) is 25.9. The molecule has 2 amide bonds. The van der Waals surface area contributed by atoms with Gasteiger partial charge in [0.1, 0.15) is 5.82 Å². The van der Waals surface area contributed by atoms with Crippen molar-refractivity contribution < 1.29 is 9.59 Å². The first kappa shape index (κ1) is 15.8. The monoisotopic (exact) mass is 316 g/mol. The van der Waals surface area contributed by atoms with Crippen LogP contribution < -0.4 is 5.32 Å². The van der Waals surface area contributed by atoms with Crippen LogP contribution in [0, 0.1) is 5.92 Å². The Morgan fingerprint density at radius 1 is 1.22 bits per heavy atom. The van der Waals surface area contributed by atoms with Gasteiger partial charge in [-0.2, -0.15) is 5.10 Å². The van der Waals surface area contributed by atoms with Gasteiger partial charge in [-0.25, -0.2) is 4.68 Å². The fourth-order valence-electron chi connectivity index (χ4n) is 2.95. The van der Waals surface area contributed by atoms with Crippen LogP contribution in [0.2, 0.25) is 0 Å². The Morgan fingerprint density at radius 2 is 1.91 bits per heavy atom. The zero-order valence-electron chi connectivity index (χ0n) is 13.8. The second kappa shape index (κ2) is 6.56. The maximum atomic E-state index is 12.1. The lowest BCUT2D eigenvalue weighted by Crippen LogP contribution is -2.38. The molecule has 1 aliphatic carbocycles. The van der Waals surface area contributed by atoms with E-state index >= 15 is 0 Å². The van der Waals surface area contributed by atoms with Gasteiger partial charge in [0.25, 0.3) is 0 Å². The zero-order valence-corrected chi connectivity index (χ0v) is 13.8. The largest absolute Gasteiger partial charge is 0.339 e. The van der Waals surface area contributed by atoms with E-state index in [9.17, 15) is 9.59 Å². The maximum Gasteiger partial charge on any atom is 0.246 e. The third-order valence-electron chi connectivity index (χ3n) is 4.40. The second-order valence-electron chi connectivity index (χ2n) is 6.70. The van der Waals surface area contributed by atoms with Gasteiger partial charge in [0.05, 0.1) is 12.2 Å². The Morgan fingerprint density at radius 3 is 2.52 bits per heavy atom. The first-order valence-corrected chi connectivity index (χ1v) is 8.33. The summed E-state index contributed by atoms with van der Waals surface area (Å²) >= 11 is 0. The van der Waals surface area contributed by atoms with E-state index in [4.69, 9.17) is 0 Å². The molecule has 0 bridgehead atoms. The lowest BCUT2D eigenvalue weighted by Gasteiger charge is -2.32. The van der Waals surface area contributed by atoms with E-state index in [0.717, 1.165) is 50.2 Å². The SMILES string of the molecule is CC(C)=CC(=O)N1CCC(n2nccc2NC(=O)C2CC2)CC1. The lowest BCUT2D eigenvalue weighted by atomic mass is 10.0. The molecule has 124 valence electrons. The number of amides is 2. The molecule has 0 radical (unpaired) electrons. The molecule has 1 saturated carbocycles. The molecule has 0 atom stereocenters. The van der Waals surface area contributed by atoms with E-state index in [0.29, 0.717) is 0 Å². The van der Waals surface area contributed by atoms with Crippen molar-refractivity contribution in [2.24, 2.45) is 5.92 Å². The van der Waals surface area contributed by atoms with Crippen molar-refractivity contribution >= 4 is 17.6 Å². The third kappa shape index (κ3) is 3.81. The van der Waals surface area contributed by atoms with Crippen molar-refractivity contribution in [2.75, 3.05) is 18.4 Å². The van der Waals surface area contributed by atoms with Crippen molar-refractivity contribution in [2.45, 2.75) is 45.6 Å². The van der Waals surface area contributed by atoms with Crippen molar-refractivity contribution in [3.8, 4) is 0 Å². The van der Waals surface area contributed by atoms with Crippen molar-refractivity contribution in [1.82, 2.24) is 14.7 Å². The predicted molar refractivity (Wildman–Crippen MR) is 87.9 cm³/mol. The molecule has 1 aliphatic heterocycles. The molecule has 1 aromatic heterocycles. The highest BCUT2D eigenvalue weighted by Crippen LogP contribution is 2.31. The summed E-state index contributed by atoms with van der Waals surface area (Å²) in [5.74, 6) is 1.15. The zero-order chi connectivity index (χ0) is 16.4. The summed E-state index contributed by atoms with van der Waals surface area (Å²) in [6.07, 6.45) is 7.11. The minimum Gasteiger partial charge on any atom is -0.339 e. The number of nitrogens with one attached hydrogen (secondary N) is 1. The summed E-state index contributed by atoms with van der Waals surface area (Å²) in [7, 11) is 0. The number of anilines is 1. The highest BCUT2D eigenvalue weighted by atomic mass is 16.2. The van der Waals surface area contributed by atoms with Crippen LogP contribution in [0.3, 0.4) is 0 Å². The van der Waals surface area contributed by atoms with Crippen molar-refractivity contribution in [1.29, 1.82) is 0 Å². The van der Waals surface area contributed by atoms with Gasteiger partial charge in [-0.15, -0.1) is 0 Å². The van der Waals surface area contributed by atoms with Crippen molar-refractivity contribution in [3.63, 3.8) is 0 Å². The number of carbonyl (C=O) groups excluding carboxylic acids is 2. The van der Waals surface area contributed by atoms with Gasteiger partial charge in [-0.05, 0) is 39.5 Å². The molecular weight excluding hydrogens is 292 g/mol. The van der Waals surface area contributed by atoms with Crippen LogP contribution in [0.4, 0.5) is 5.82 Å². The van der Waals surface area contributed by atoms with Crippen LogP contribution in [-0.4, -0.2) is 39.6 Å². The Kier molecular flexibility index (Phi) is 4.50. The molecule has 6 heteroatoms. The van der Waals surface area contributed by atoms with E-state index in [1.165, 1.54) is 0 Å². The molecule has 0 unspecified atom stereocenters. The van der Waals surface area contributed by atoms with Gasteiger partial charge >= 0.3 is 0 Å². The molecule has 23 heavy (non-hydrogen) atoms. The van der Waals surface area contributed by atoms with E-state index < -0.39 is 0 Å². The number of allylic oxidation sites excluding steroid dienone is 1. The lowest BCUT2D eigenvalue weighted by molar-refractivity contribution is -0.127. The number of likely N-dealkylation sites (tertiary alicyclic amines) is 1. The molecule has 1 aromatic rings. The fourth-order valence-corrected chi connectivity index (χ4v) is 2.95. The Hall–Kier alpha value is -2.11. The number of hydrogen-bond acceptors (Lipinski definition) is 3. The molecule has 2 heterocycles. The van der Waals surface area contributed by atoms with E-state index in [1.54, 1.807) is 12.3 Å². The predicted octanol–water partition coefficient (Wildman–Crippen LogP) is 2.36. The van der Waals surface area contributed by atoms with Gasteiger partial charge in [0.2, 0.25) is 11.8 Å². The molecule has 0 aromatic carbocycles. The highest BCUT2D eigenvalue weighted by Gasteiger charge is 2.31. The highest BCUT2D eigenvalue weighted by molar-refractivity contribution is 5.93. The van der Waals surface area contributed by atoms with Gasteiger partial charge in [0.15, 0.2) is 0 Å². The summed E-state index contributed by atoms with van der Waals surface area (Å²) < 4.78 is 1.91. The number of rotatable bonds is 4. The number of nitrogens with zero attached hydrogens (tertiary/aromatic N) is 3. The summed E-state index contributed by atoms with van der Waals surface area (Å²) in [5.41, 5.74) is 1.02. The average Bonchev–Trinajstić information content (AvgIpc) is 3.27. The van der Waals surface area contributed by atoms with Crippen LogP contribution >= 0.6 is 0 Å². The molecule has 6 nitrogen and oxygen atoms in total. The number of carbonyl (C=O) groups is 2. The van der Waals surface area contributed by atoms with Crippen LogP contribution in [0.15, 0.2) is 23.9 Å². The van der Waals surface area contributed by atoms with E-state index in [-0.39, 0.29) is 23.8 Å². The van der Waals surface area contributed by atoms with Crippen LogP contribution in [0.5, 0.6) is 0 Å². The topological polar surface area (TPSA) is 67.2 Å².